The Kier molecular flexibility index (Phi) is 7.44. The molecule has 202 valence electrons. The van der Waals surface area contributed by atoms with Gasteiger partial charge in [-0.2, -0.15) is 5.10 Å². The van der Waals surface area contributed by atoms with E-state index in [0.717, 1.165) is 67.2 Å². The summed E-state index contributed by atoms with van der Waals surface area (Å²) in [5.41, 5.74) is 1.94. The Morgan fingerprint density at radius 3 is 2.55 bits per heavy atom. The minimum atomic E-state index is 0.200. The number of hydrogen-bond donors (Lipinski definition) is 0. The van der Waals surface area contributed by atoms with E-state index in [9.17, 15) is 4.79 Å². The molecule has 2 aromatic heterocycles. The molecule has 0 atom stereocenters. The number of nitrogens with zero attached hydrogens (tertiary/aromatic N) is 7. The van der Waals surface area contributed by atoms with E-state index in [1.807, 2.05) is 36.0 Å². The number of hydrogen-bond acceptors (Lipinski definition) is 7. The fourth-order valence-electron chi connectivity index (χ4n) is 6.51. The Balaban J connectivity index is 1.07. The number of carbonyl (C=O) groups excluding carboxylic acids is 1. The Morgan fingerprint density at radius 2 is 1.79 bits per heavy atom. The van der Waals surface area contributed by atoms with Crippen LogP contribution in [0.1, 0.15) is 51.0 Å². The maximum Gasteiger partial charge on any atom is 0.225 e. The van der Waals surface area contributed by atoms with Gasteiger partial charge in [-0.05, 0) is 76.2 Å². The molecule has 4 heterocycles. The zero-order valence-corrected chi connectivity index (χ0v) is 22.5. The molecule has 0 N–H and O–H groups in total. The summed E-state index contributed by atoms with van der Waals surface area (Å²) in [7, 11) is 0. The van der Waals surface area contributed by atoms with Crippen LogP contribution in [0, 0.1) is 5.92 Å². The molecule has 0 spiro atoms. The van der Waals surface area contributed by atoms with Gasteiger partial charge in [0.05, 0.1) is 24.7 Å². The van der Waals surface area contributed by atoms with Crippen molar-refractivity contribution in [3.63, 3.8) is 0 Å². The largest absolute Gasteiger partial charge is 0.494 e. The molecule has 9 nitrogen and oxygen atoms in total. The third-order valence-electron chi connectivity index (χ3n) is 8.55. The Labute approximate surface area is 224 Å². The molecule has 3 fully saturated rings. The summed E-state index contributed by atoms with van der Waals surface area (Å²) in [5.74, 6) is 2.33. The zero-order chi connectivity index (χ0) is 25.9. The van der Waals surface area contributed by atoms with Gasteiger partial charge in [-0.25, -0.2) is 14.6 Å². The quantitative estimate of drug-likeness (QED) is 0.474. The van der Waals surface area contributed by atoms with Crippen molar-refractivity contribution in [3.8, 4) is 5.75 Å². The maximum absolute atomic E-state index is 13.3. The lowest BCUT2D eigenvalue weighted by Gasteiger charge is -2.39. The number of rotatable bonds is 7. The zero-order valence-electron chi connectivity index (χ0n) is 22.5. The van der Waals surface area contributed by atoms with Gasteiger partial charge < -0.3 is 19.4 Å². The Hall–Kier alpha value is -3.20. The van der Waals surface area contributed by atoms with Crippen LogP contribution >= 0.6 is 0 Å². The van der Waals surface area contributed by atoms with E-state index in [2.05, 4.69) is 35.8 Å². The lowest BCUT2D eigenvalue weighted by atomic mass is 9.84. The van der Waals surface area contributed by atoms with E-state index in [-0.39, 0.29) is 5.92 Å². The average molecular weight is 518 g/mol. The van der Waals surface area contributed by atoms with Gasteiger partial charge in [0.15, 0.2) is 5.65 Å². The number of aromatic nitrogens is 4. The number of ether oxygens (including phenoxy) is 1. The van der Waals surface area contributed by atoms with Gasteiger partial charge in [0.1, 0.15) is 17.9 Å². The summed E-state index contributed by atoms with van der Waals surface area (Å²) >= 11 is 0. The molecule has 38 heavy (non-hydrogen) atoms. The van der Waals surface area contributed by atoms with Gasteiger partial charge in [-0.15, -0.1) is 0 Å². The molecule has 1 saturated carbocycles. The molecule has 3 aromatic rings. The standard InChI is InChI=1S/C29H39N7O2/c1-2-38-25-7-5-6-22(18-25)20-36-28-26(19-32-36)27(30-21-31-28)34-14-16-35(17-15-34)29(37)23-8-10-24(11-9-23)33-12-3-4-13-33/h5-7,18-19,21,23-24H,2-4,8-17,20H2,1H3. The fraction of sp³-hybridized carbons (Fsp3) is 0.586. The van der Waals surface area contributed by atoms with Gasteiger partial charge in [-0.3, -0.25) is 4.79 Å². The van der Waals surface area contributed by atoms with Crippen molar-refractivity contribution < 1.29 is 9.53 Å². The Bertz CT molecular complexity index is 1240. The predicted octanol–water partition coefficient (Wildman–Crippen LogP) is 3.58. The molecule has 0 bridgehead atoms. The monoisotopic (exact) mass is 517 g/mol. The first kappa shape index (κ1) is 25.1. The number of piperazine rings is 1. The van der Waals surface area contributed by atoms with Crippen LogP contribution < -0.4 is 9.64 Å². The highest BCUT2D eigenvalue weighted by Crippen LogP contribution is 2.31. The number of anilines is 1. The smallest absolute Gasteiger partial charge is 0.225 e. The van der Waals surface area contributed by atoms with Crippen LogP contribution in [0.5, 0.6) is 5.75 Å². The van der Waals surface area contributed by atoms with Crippen LogP contribution in [0.15, 0.2) is 36.8 Å². The lowest BCUT2D eigenvalue weighted by Crippen LogP contribution is -2.51. The first-order valence-corrected chi connectivity index (χ1v) is 14.4. The predicted molar refractivity (Wildman–Crippen MR) is 147 cm³/mol. The van der Waals surface area contributed by atoms with Gasteiger partial charge in [0.25, 0.3) is 0 Å². The molecule has 2 saturated heterocycles. The molecule has 1 amide bonds. The van der Waals surface area contributed by atoms with Gasteiger partial charge >= 0.3 is 0 Å². The van der Waals surface area contributed by atoms with E-state index < -0.39 is 0 Å². The fourth-order valence-corrected chi connectivity index (χ4v) is 6.51. The second kappa shape index (κ2) is 11.3. The molecule has 9 heteroatoms. The van der Waals surface area contributed by atoms with Crippen molar-refractivity contribution in [2.24, 2.45) is 5.92 Å². The van der Waals surface area contributed by atoms with E-state index >= 15 is 0 Å². The SMILES string of the molecule is CCOc1cccc(Cn2ncc3c(N4CCN(C(=O)C5CCC(N6CCCC6)CC5)CC4)ncnc32)c1. The number of fused-ring (bicyclic) bond motifs is 1. The van der Waals surface area contributed by atoms with Gasteiger partial charge in [-0.1, -0.05) is 12.1 Å². The number of carbonyl (C=O) groups is 1. The van der Waals surface area contributed by atoms with Crippen LogP contribution in [-0.2, 0) is 11.3 Å². The maximum atomic E-state index is 13.3. The summed E-state index contributed by atoms with van der Waals surface area (Å²) in [6.45, 7) is 8.80. The number of likely N-dealkylation sites (tertiary alicyclic amines) is 1. The lowest BCUT2D eigenvalue weighted by molar-refractivity contribution is -0.137. The van der Waals surface area contributed by atoms with Crippen molar-refractivity contribution in [2.45, 2.75) is 58.0 Å². The van der Waals surface area contributed by atoms with Crippen LogP contribution in [-0.4, -0.2) is 87.4 Å². The Morgan fingerprint density at radius 1 is 1.00 bits per heavy atom. The van der Waals surface area contributed by atoms with Crippen LogP contribution in [0.2, 0.25) is 0 Å². The normalized spacial score (nSPS) is 22.8. The summed E-state index contributed by atoms with van der Waals surface area (Å²) in [6.07, 6.45) is 10.6. The summed E-state index contributed by atoms with van der Waals surface area (Å²) in [5, 5.41) is 5.59. The summed E-state index contributed by atoms with van der Waals surface area (Å²) in [4.78, 5) is 29.5. The van der Waals surface area contributed by atoms with Crippen molar-refractivity contribution in [1.82, 2.24) is 29.5 Å². The molecule has 3 aliphatic rings. The second-order valence-electron chi connectivity index (χ2n) is 10.9. The summed E-state index contributed by atoms with van der Waals surface area (Å²) < 4.78 is 7.57. The molecule has 6 rings (SSSR count). The van der Waals surface area contributed by atoms with Crippen LogP contribution in [0.25, 0.3) is 11.0 Å². The number of amides is 1. The van der Waals surface area contributed by atoms with E-state index in [4.69, 9.17) is 4.74 Å². The first-order valence-electron chi connectivity index (χ1n) is 14.4. The minimum Gasteiger partial charge on any atom is -0.494 e. The third kappa shape index (κ3) is 5.21. The van der Waals surface area contributed by atoms with Crippen molar-refractivity contribution in [1.29, 1.82) is 0 Å². The second-order valence-corrected chi connectivity index (χ2v) is 10.9. The van der Waals surface area contributed by atoms with Gasteiger partial charge in [0, 0.05) is 38.1 Å². The molecular formula is C29H39N7O2. The van der Waals surface area contributed by atoms with Crippen LogP contribution in [0.4, 0.5) is 5.82 Å². The van der Waals surface area contributed by atoms with Crippen LogP contribution in [0.3, 0.4) is 0 Å². The average Bonchev–Trinajstić information content (AvgIpc) is 3.64. The molecule has 0 unspecified atom stereocenters. The summed E-state index contributed by atoms with van der Waals surface area (Å²) in [6, 6.07) is 8.81. The van der Waals surface area contributed by atoms with Crippen molar-refractivity contribution >= 4 is 22.8 Å². The van der Waals surface area contributed by atoms with E-state index in [1.165, 1.54) is 38.8 Å². The molecule has 1 aliphatic carbocycles. The van der Waals surface area contributed by atoms with E-state index in [0.29, 0.717) is 25.1 Å². The highest BCUT2D eigenvalue weighted by molar-refractivity contribution is 5.87. The van der Waals surface area contributed by atoms with Crippen molar-refractivity contribution in [2.75, 3.05) is 50.8 Å². The molecule has 1 aromatic carbocycles. The molecule has 2 aliphatic heterocycles. The van der Waals surface area contributed by atoms with Gasteiger partial charge in [0.2, 0.25) is 5.91 Å². The highest BCUT2D eigenvalue weighted by atomic mass is 16.5. The first-order chi connectivity index (χ1) is 18.7. The highest BCUT2D eigenvalue weighted by Gasteiger charge is 2.34. The topological polar surface area (TPSA) is 79.6 Å². The van der Waals surface area contributed by atoms with Crippen molar-refractivity contribution in [3.05, 3.63) is 42.4 Å². The van der Waals surface area contributed by atoms with E-state index in [1.54, 1.807) is 6.33 Å². The number of benzene rings is 1. The molecular weight excluding hydrogens is 478 g/mol. The minimum absolute atomic E-state index is 0.200. The molecule has 0 radical (unpaired) electrons. The third-order valence-corrected chi connectivity index (χ3v) is 8.55.